The van der Waals surface area contributed by atoms with E-state index < -0.39 is 34.9 Å². The van der Waals surface area contributed by atoms with Crippen molar-refractivity contribution in [1.82, 2.24) is 25.3 Å². The number of pyridine rings is 1. The van der Waals surface area contributed by atoms with Crippen molar-refractivity contribution in [2.45, 2.75) is 31.8 Å². The van der Waals surface area contributed by atoms with Gasteiger partial charge in [-0.25, -0.2) is 19.9 Å². The highest BCUT2D eigenvalue weighted by Gasteiger charge is 2.34. The average Bonchev–Trinajstić information content (AvgIpc) is 3.30. The van der Waals surface area contributed by atoms with Crippen LogP contribution in [0.2, 0.25) is 5.02 Å². The number of nitrogens with two attached hydrogens (primary N) is 1. The molecule has 16 heteroatoms. The fourth-order valence-corrected chi connectivity index (χ4v) is 3.85. The van der Waals surface area contributed by atoms with Gasteiger partial charge in [0.25, 0.3) is 5.91 Å². The Hall–Kier alpha value is -3.24. The highest BCUT2D eigenvalue weighted by atomic mass is 35.5. The molecule has 0 aliphatic heterocycles. The maximum Gasteiger partial charge on any atom is 0.418 e. The number of alkyl halides is 3. The van der Waals surface area contributed by atoms with Gasteiger partial charge in [-0.3, -0.25) is 14.9 Å². The van der Waals surface area contributed by atoms with Crippen LogP contribution in [0.25, 0.3) is 0 Å². The second-order valence-corrected chi connectivity index (χ2v) is 8.74. The van der Waals surface area contributed by atoms with E-state index >= 15 is 0 Å². The number of halogens is 4. The fraction of sp³-hybridized carbons (Fsp3) is 0.300. The Kier molecular flexibility index (Phi) is 8.86. The van der Waals surface area contributed by atoms with Crippen LogP contribution in [0.4, 0.5) is 24.8 Å². The molecule has 0 radical (unpaired) electrons. The van der Waals surface area contributed by atoms with E-state index in [1.54, 1.807) is 6.92 Å². The molecule has 192 valence electrons. The van der Waals surface area contributed by atoms with Crippen molar-refractivity contribution in [3.63, 3.8) is 0 Å². The molecule has 36 heavy (non-hydrogen) atoms. The monoisotopic (exact) mass is 544 g/mol. The third-order valence-corrected chi connectivity index (χ3v) is 6.02. The summed E-state index contributed by atoms with van der Waals surface area (Å²) in [5, 5.41) is 18.0. The summed E-state index contributed by atoms with van der Waals surface area (Å²) in [5.41, 5.74) is 4.38. The summed E-state index contributed by atoms with van der Waals surface area (Å²) >= 11 is 6.50. The maximum atomic E-state index is 13.0. The zero-order valence-electron chi connectivity index (χ0n) is 18.5. The summed E-state index contributed by atoms with van der Waals surface area (Å²) in [5.74, 6) is -1.20. The third-order valence-electron chi connectivity index (χ3n) is 4.54. The molecule has 0 aliphatic carbocycles. The van der Waals surface area contributed by atoms with Crippen molar-refractivity contribution in [3.05, 3.63) is 57.0 Å². The van der Waals surface area contributed by atoms with Crippen LogP contribution in [-0.4, -0.2) is 43.4 Å². The molecule has 3 rings (SSSR count). The molecule has 11 nitrogen and oxygen atoms in total. The van der Waals surface area contributed by atoms with Crippen molar-refractivity contribution in [2.75, 3.05) is 17.2 Å². The molecule has 0 saturated carbocycles. The van der Waals surface area contributed by atoms with Crippen molar-refractivity contribution in [1.29, 1.82) is 0 Å². The molecule has 2 unspecified atom stereocenters. The van der Waals surface area contributed by atoms with Crippen LogP contribution < -0.4 is 21.7 Å². The fourth-order valence-electron chi connectivity index (χ4n) is 2.82. The summed E-state index contributed by atoms with van der Waals surface area (Å²) in [6.07, 6.45) is -2.66. The third kappa shape index (κ3) is 7.14. The van der Waals surface area contributed by atoms with E-state index in [9.17, 15) is 27.9 Å². The molecule has 2 amide bonds. The number of hydrogen-bond acceptors (Lipinski definition) is 10. The lowest BCUT2D eigenvalue weighted by Crippen LogP contribution is -2.25. The van der Waals surface area contributed by atoms with E-state index in [1.165, 1.54) is 18.6 Å². The first-order chi connectivity index (χ1) is 17.0. The molecule has 2 atom stereocenters. The Morgan fingerprint density at radius 3 is 2.56 bits per heavy atom. The Morgan fingerprint density at radius 1 is 1.14 bits per heavy atom. The molecule has 0 fully saturated rings. The highest BCUT2D eigenvalue weighted by molar-refractivity contribution is 7.13. The Bertz CT molecular complexity index is 1240. The number of rotatable bonds is 9. The van der Waals surface area contributed by atoms with Crippen LogP contribution in [0.5, 0.6) is 0 Å². The number of amides is 2. The van der Waals surface area contributed by atoms with Crippen LogP contribution in [0.1, 0.15) is 51.6 Å². The number of aliphatic hydroxyl groups is 1. The quantitative estimate of drug-likeness (QED) is 0.254. The lowest BCUT2D eigenvalue weighted by molar-refractivity contribution is -0.137. The van der Waals surface area contributed by atoms with Crippen molar-refractivity contribution in [2.24, 2.45) is 5.73 Å². The van der Waals surface area contributed by atoms with Gasteiger partial charge in [0.2, 0.25) is 5.91 Å². The van der Waals surface area contributed by atoms with E-state index in [0.717, 1.165) is 17.5 Å². The van der Waals surface area contributed by atoms with Crippen LogP contribution >= 0.6 is 22.9 Å². The molecule has 0 bridgehead atoms. The SMILES string of the molecule is CC(NC(O)c1cc(NC(=O)CCN)ncn1)c1ncc(C(=O)Nc2cc(C(F)(F)F)c(Cl)cn2)s1. The summed E-state index contributed by atoms with van der Waals surface area (Å²) in [6, 6.07) is 1.47. The van der Waals surface area contributed by atoms with Gasteiger partial charge in [-0.05, 0) is 13.0 Å². The van der Waals surface area contributed by atoms with E-state index in [4.69, 9.17) is 17.3 Å². The summed E-state index contributed by atoms with van der Waals surface area (Å²) in [4.78, 5) is 40.0. The van der Waals surface area contributed by atoms with Gasteiger partial charge in [-0.1, -0.05) is 11.6 Å². The lowest BCUT2D eigenvalue weighted by atomic mass is 10.2. The average molecular weight is 545 g/mol. The number of carbonyl (C=O) groups is 2. The van der Waals surface area contributed by atoms with Gasteiger partial charge in [0.05, 0.1) is 28.5 Å². The summed E-state index contributed by atoms with van der Waals surface area (Å²) in [7, 11) is 0. The second kappa shape index (κ2) is 11.7. The van der Waals surface area contributed by atoms with Gasteiger partial charge in [-0.2, -0.15) is 13.2 Å². The van der Waals surface area contributed by atoms with E-state index in [-0.39, 0.29) is 41.1 Å². The van der Waals surface area contributed by atoms with Gasteiger partial charge in [0, 0.05) is 25.2 Å². The molecule has 0 aromatic carbocycles. The standard InChI is InChI=1S/C20H20ClF3N8O3S/c1-9(30-17(34)12-5-15(29-8-28-12)31-16(33)2-3-25)19-27-7-13(36-19)18(35)32-14-4-10(20(22,23)24)11(21)6-26-14/h4-9,17,30,34H,2-3,25H2,1H3,(H,26,32,35)(H,28,29,31,33). The minimum Gasteiger partial charge on any atom is -0.373 e. The number of carbonyl (C=O) groups excluding carboxylic acids is 2. The van der Waals surface area contributed by atoms with Crippen molar-refractivity contribution >= 4 is 46.4 Å². The Labute approximate surface area is 211 Å². The normalized spacial score (nSPS) is 13.2. The highest BCUT2D eigenvalue weighted by Crippen LogP contribution is 2.35. The van der Waals surface area contributed by atoms with Crippen LogP contribution in [0, 0.1) is 0 Å². The number of aromatic nitrogens is 4. The molecule has 0 saturated heterocycles. The predicted octanol–water partition coefficient (Wildman–Crippen LogP) is 2.88. The smallest absolute Gasteiger partial charge is 0.373 e. The van der Waals surface area contributed by atoms with Gasteiger partial charge < -0.3 is 21.5 Å². The first kappa shape index (κ1) is 27.3. The number of nitrogens with one attached hydrogen (secondary N) is 3. The molecular formula is C20H20ClF3N8O3S. The van der Waals surface area contributed by atoms with Crippen molar-refractivity contribution in [3.8, 4) is 0 Å². The number of thiazole rings is 1. The largest absolute Gasteiger partial charge is 0.418 e. The molecule has 3 heterocycles. The van der Waals surface area contributed by atoms with Gasteiger partial charge >= 0.3 is 6.18 Å². The molecule has 3 aromatic rings. The lowest BCUT2D eigenvalue weighted by Gasteiger charge is -2.17. The number of hydrogen-bond donors (Lipinski definition) is 5. The number of nitrogens with zero attached hydrogens (tertiary/aromatic N) is 4. The Balaban J connectivity index is 1.64. The summed E-state index contributed by atoms with van der Waals surface area (Å²) < 4.78 is 39.1. The van der Waals surface area contributed by atoms with E-state index in [1.807, 2.05) is 0 Å². The molecule has 0 aliphatic rings. The topological polar surface area (TPSA) is 168 Å². The minimum absolute atomic E-state index is 0.102. The van der Waals surface area contributed by atoms with Gasteiger partial charge in [0.1, 0.15) is 34.1 Å². The minimum atomic E-state index is -4.71. The van der Waals surface area contributed by atoms with E-state index in [2.05, 4.69) is 35.9 Å². The first-order valence-electron chi connectivity index (χ1n) is 10.2. The molecule has 6 N–H and O–H groups in total. The first-order valence-corrected chi connectivity index (χ1v) is 11.4. The van der Waals surface area contributed by atoms with Crippen LogP contribution in [0.15, 0.2) is 30.9 Å². The van der Waals surface area contributed by atoms with Crippen LogP contribution in [-0.2, 0) is 11.0 Å². The zero-order chi connectivity index (χ0) is 26.5. The van der Waals surface area contributed by atoms with Crippen molar-refractivity contribution < 1.29 is 27.9 Å². The second-order valence-electron chi connectivity index (χ2n) is 7.27. The van der Waals surface area contributed by atoms with Gasteiger partial charge in [-0.15, -0.1) is 11.3 Å². The maximum absolute atomic E-state index is 13.0. The number of aliphatic hydroxyl groups excluding tert-OH is 1. The summed E-state index contributed by atoms with van der Waals surface area (Å²) in [6.45, 7) is 1.84. The van der Waals surface area contributed by atoms with Crippen LogP contribution in [0.3, 0.4) is 0 Å². The Morgan fingerprint density at radius 2 is 1.86 bits per heavy atom. The number of anilines is 2. The molecular weight excluding hydrogens is 525 g/mol. The van der Waals surface area contributed by atoms with E-state index in [0.29, 0.717) is 11.1 Å². The predicted molar refractivity (Wildman–Crippen MR) is 125 cm³/mol. The molecule has 0 spiro atoms. The zero-order valence-corrected chi connectivity index (χ0v) is 20.1. The molecule has 3 aromatic heterocycles. The van der Waals surface area contributed by atoms with Gasteiger partial charge in [0.15, 0.2) is 0 Å².